The van der Waals surface area contributed by atoms with E-state index >= 15 is 0 Å². The van der Waals surface area contributed by atoms with E-state index in [0.717, 1.165) is 38.8 Å². The molecular weight excluding hydrogens is 428 g/mol. The Morgan fingerprint density at radius 2 is 1.80 bits per heavy atom. The third-order valence-corrected chi connectivity index (χ3v) is 7.07. The minimum atomic E-state index is -3.87. The lowest BCUT2D eigenvalue weighted by Gasteiger charge is -2.36. The highest BCUT2D eigenvalue weighted by molar-refractivity contribution is 7.89. The third kappa shape index (κ3) is 5.48. The van der Waals surface area contributed by atoms with Gasteiger partial charge in [-0.1, -0.05) is 29.8 Å². The maximum absolute atomic E-state index is 12.5. The third-order valence-electron chi connectivity index (χ3n) is 5.23. The van der Waals surface area contributed by atoms with Gasteiger partial charge in [0.1, 0.15) is 0 Å². The number of hydrogen-bond acceptors (Lipinski definition) is 6. The van der Waals surface area contributed by atoms with Gasteiger partial charge in [-0.15, -0.1) is 0 Å². The first-order valence-electron chi connectivity index (χ1n) is 9.74. The van der Waals surface area contributed by atoms with Crippen LogP contribution in [0.3, 0.4) is 0 Å². The molecule has 1 aliphatic rings. The summed E-state index contributed by atoms with van der Waals surface area (Å²) in [7, 11) is -3.87. The van der Waals surface area contributed by atoms with E-state index in [4.69, 9.17) is 11.6 Å². The monoisotopic (exact) mass is 452 g/mol. The lowest BCUT2D eigenvalue weighted by Crippen LogP contribution is -2.47. The normalized spacial score (nSPS) is 15.3. The zero-order valence-electron chi connectivity index (χ0n) is 16.8. The van der Waals surface area contributed by atoms with Crippen molar-refractivity contribution >= 4 is 33.0 Å². The van der Waals surface area contributed by atoms with Gasteiger partial charge in [-0.3, -0.25) is 15.0 Å². The molecule has 0 saturated carbocycles. The average Bonchev–Trinajstić information content (AvgIpc) is 2.74. The van der Waals surface area contributed by atoms with E-state index in [2.05, 4.69) is 26.7 Å². The molecule has 3 rings (SSSR count). The minimum absolute atomic E-state index is 0.0564. The highest BCUT2D eigenvalue weighted by atomic mass is 35.5. The number of hydrogen-bond donors (Lipinski definition) is 1. The van der Waals surface area contributed by atoms with E-state index in [0.29, 0.717) is 6.42 Å². The van der Waals surface area contributed by atoms with Gasteiger partial charge in [0.05, 0.1) is 14.8 Å². The highest BCUT2D eigenvalue weighted by Gasteiger charge is 2.22. The maximum Gasteiger partial charge on any atom is 0.275 e. The number of nitrogens with zero attached hydrogens (tertiary/aromatic N) is 3. The van der Waals surface area contributed by atoms with Crippen molar-refractivity contribution in [2.24, 2.45) is 0 Å². The van der Waals surface area contributed by atoms with Crippen LogP contribution in [0.4, 0.5) is 11.4 Å². The summed E-state index contributed by atoms with van der Waals surface area (Å²) in [6.07, 6.45) is 0.645. The average molecular weight is 453 g/mol. The fourth-order valence-electron chi connectivity index (χ4n) is 3.45. The second kappa shape index (κ2) is 9.74. The minimum Gasteiger partial charge on any atom is -0.369 e. The van der Waals surface area contributed by atoms with Crippen LogP contribution in [0.15, 0.2) is 47.4 Å². The summed E-state index contributed by atoms with van der Waals surface area (Å²) in [5.74, 6) is 0. The Labute approximate surface area is 181 Å². The van der Waals surface area contributed by atoms with E-state index in [1.165, 1.54) is 18.7 Å². The Bertz CT molecular complexity index is 993. The number of benzene rings is 2. The van der Waals surface area contributed by atoms with Crippen LogP contribution in [-0.4, -0.2) is 57.5 Å². The van der Waals surface area contributed by atoms with Crippen LogP contribution >= 0.6 is 11.6 Å². The summed E-state index contributed by atoms with van der Waals surface area (Å²) < 4.78 is 27.5. The summed E-state index contributed by atoms with van der Waals surface area (Å²) in [6, 6.07) is 12.6. The first kappa shape index (κ1) is 22.5. The van der Waals surface area contributed by atoms with Gasteiger partial charge < -0.3 is 4.90 Å². The van der Waals surface area contributed by atoms with Crippen molar-refractivity contribution in [3.05, 3.63) is 63.2 Å². The quantitative estimate of drug-likeness (QED) is 0.375. The molecule has 1 N–H and O–H groups in total. The molecule has 2 aromatic rings. The summed E-state index contributed by atoms with van der Waals surface area (Å²) in [6.45, 7) is 6.22. The van der Waals surface area contributed by atoms with Crippen molar-refractivity contribution in [3.63, 3.8) is 0 Å². The first-order chi connectivity index (χ1) is 14.3. The molecule has 1 saturated heterocycles. The lowest BCUT2D eigenvalue weighted by atomic mass is 10.2. The number of anilines is 1. The van der Waals surface area contributed by atoms with Crippen LogP contribution in [0, 0.1) is 17.0 Å². The zero-order chi connectivity index (χ0) is 21.7. The second-order valence-corrected chi connectivity index (χ2v) is 9.40. The maximum atomic E-state index is 12.5. The van der Waals surface area contributed by atoms with Crippen molar-refractivity contribution in [1.82, 2.24) is 9.62 Å². The smallest absolute Gasteiger partial charge is 0.275 e. The molecule has 10 heteroatoms. The molecule has 30 heavy (non-hydrogen) atoms. The first-order valence-corrected chi connectivity index (χ1v) is 11.6. The standard InChI is InChI=1S/C20H25ClN4O4S/c1-16-19(21)14-18(15-20(16)25(26)27)30(28,29)22-8-5-9-23-10-12-24(13-11-23)17-6-3-2-4-7-17/h2-4,6-7,14-15,22H,5,8-13H2,1H3. The summed E-state index contributed by atoms with van der Waals surface area (Å²) in [4.78, 5) is 14.9. The Balaban J connectivity index is 1.48. The van der Waals surface area contributed by atoms with Crippen molar-refractivity contribution in [2.45, 2.75) is 18.2 Å². The molecule has 0 atom stereocenters. The Morgan fingerprint density at radius 3 is 2.43 bits per heavy atom. The Morgan fingerprint density at radius 1 is 1.13 bits per heavy atom. The molecule has 0 bridgehead atoms. The highest BCUT2D eigenvalue weighted by Crippen LogP contribution is 2.29. The van der Waals surface area contributed by atoms with E-state index in [-0.39, 0.29) is 27.7 Å². The van der Waals surface area contributed by atoms with Gasteiger partial charge in [0, 0.05) is 50.0 Å². The predicted octanol–water partition coefficient (Wildman–Crippen LogP) is 3.05. The van der Waals surface area contributed by atoms with Gasteiger partial charge in [-0.2, -0.15) is 0 Å². The van der Waals surface area contributed by atoms with E-state index in [9.17, 15) is 18.5 Å². The summed E-state index contributed by atoms with van der Waals surface area (Å²) in [5, 5.41) is 11.2. The topological polar surface area (TPSA) is 95.8 Å². The van der Waals surface area contributed by atoms with E-state index in [1.807, 2.05) is 18.2 Å². The van der Waals surface area contributed by atoms with Gasteiger partial charge in [0.15, 0.2) is 0 Å². The predicted molar refractivity (Wildman–Crippen MR) is 118 cm³/mol. The van der Waals surface area contributed by atoms with Gasteiger partial charge >= 0.3 is 0 Å². The van der Waals surface area contributed by atoms with E-state index in [1.54, 1.807) is 0 Å². The van der Waals surface area contributed by atoms with Gasteiger partial charge in [-0.05, 0) is 38.1 Å². The van der Waals surface area contributed by atoms with Crippen molar-refractivity contribution in [1.29, 1.82) is 0 Å². The molecule has 1 heterocycles. The van der Waals surface area contributed by atoms with E-state index < -0.39 is 14.9 Å². The molecule has 1 aliphatic heterocycles. The number of halogens is 1. The second-order valence-electron chi connectivity index (χ2n) is 7.22. The lowest BCUT2D eigenvalue weighted by molar-refractivity contribution is -0.385. The van der Waals surface area contributed by atoms with Crippen LogP contribution in [0.25, 0.3) is 0 Å². The number of rotatable bonds is 8. The molecule has 162 valence electrons. The molecular formula is C20H25ClN4O4S. The van der Waals surface area contributed by atoms with Crippen LogP contribution in [0.2, 0.25) is 5.02 Å². The van der Waals surface area contributed by atoms with Gasteiger partial charge in [0.2, 0.25) is 10.0 Å². The largest absolute Gasteiger partial charge is 0.369 e. The van der Waals surface area contributed by atoms with Crippen molar-refractivity contribution < 1.29 is 13.3 Å². The number of nitrogens with one attached hydrogen (secondary N) is 1. The van der Waals surface area contributed by atoms with Crippen LogP contribution < -0.4 is 9.62 Å². The Kier molecular flexibility index (Phi) is 7.30. The molecule has 0 aliphatic carbocycles. The van der Waals surface area contributed by atoms with Gasteiger partial charge in [-0.25, -0.2) is 13.1 Å². The summed E-state index contributed by atoms with van der Waals surface area (Å²) >= 11 is 5.98. The number of nitro groups is 1. The fourth-order valence-corrected chi connectivity index (χ4v) is 4.84. The number of piperazine rings is 1. The van der Waals surface area contributed by atoms with Crippen molar-refractivity contribution in [2.75, 3.05) is 44.2 Å². The fraction of sp³-hybridized carbons (Fsp3) is 0.400. The molecule has 8 nitrogen and oxygen atoms in total. The summed E-state index contributed by atoms with van der Waals surface area (Å²) in [5.41, 5.74) is 1.16. The van der Waals surface area contributed by atoms with Crippen LogP contribution in [-0.2, 0) is 10.0 Å². The molecule has 0 radical (unpaired) electrons. The SMILES string of the molecule is Cc1c(Cl)cc(S(=O)(=O)NCCCN2CCN(c3ccccc3)CC2)cc1[N+](=O)[O-]. The molecule has 2 aromatic carbocycles. The number of nitro benzene ring substituents is 1. The Hall–Kier alpha value is -2.20. The van der Waals surface area contributed by atoms with Crippen molar-refractivity contribution in [3.8, 4) is 0 Å². The molecule has 0 spiro atoms. The molecule has 1 fully saturated rings. The molecule has 0 aromatic heterocycles. The van der Waals surface area contributed by atoms with Crippen LogP contribution in [0.1, 0.15) is 12.0 Å². The van der Waals surface area contributed by atoms with Gasteiger partial charge in [0.25, 0.3) is 5.69 Å². The molecule has 0 amide bonds. The zero-order valence-corrected chi connectivity index (χ0v) is 18.3. The van der Waals surface area contributed by atoms with Crippen LogP contribution in [0.5, 0.6) is 0 Å². The number of para-hydroxylation sites is 1. The number of sulfonamides is 1. The molecule has 0 unspecified atom stereocenters.